The molecule has 0 saturated carbocycles. The zero-order valence-corrected chi connectivity index (χ0v) is 32.0. The highest BCUT2D eigenvalue weighted by molar-refractivity contribution is 6.18. The fourth-order valence-corrected chi connectivity index (χ4v) is 9.87. The molecule has 2 heterocycles. The molecule has 0 aliphatic heterocycles. The molecular weight excluding hydrogens is 703 g/mol. The predicted molar refractivity (Wildman–Crippen MR) is 245 cm³/mol. The van der Waals surface area contributed by atoms with Crippen LogP contribution in [0, 0.1) is 0 Å². The van der Waals surface area contributed by atoms with Crippen LogP contribution in [0.15, 0.2) is 200 Å². The molecule has 0 bridgehead atoms. The van der Waals surface area contributed by atoms with Crippen LogP contribution in [-0.2, 0) is 12.8 Å². The standard InChI is InChI=1S/C55H39N3/c1-3-19-40(20-4-1)57-51-27-11-9-23-47(51)48-32-31-43(35-53(48)57)56(42-30-29-37-15-7-8-16-39(37)33-42)44-34-50(46-26-14-18-38-17-13-25-45(38)46)55-49-24-10-12-28-52(49)58(54(55)36-44)41-21-5-2-6-22-41/h1-12,14-16,18-24,26-36H,13,17,25H2. The van der Waals surface area contributed by atoms with E-state index in [2.05, 4.69) is 214 Å². The van der Waals surface area contributed by atoms with Gasteiger partial charge >= 0.3 is 0 Å². The molecule has 58 heavy (non-hydrogen) atoms. The number of anilines is 3. The van der Waals surface area contributed by atoms with E-state index in [9.17, 15) is 0 Å². The summed E-state index contributed by atoms with van der Waals surface area (Å²) < 4.78 is 4.89. The van der Waals surface area contributed by atoms with Gasteiger partial charge in [-0.3, -0.25) is 0 Å². The third kappa shape index (κ3) is 5.06. The second-order valence-corrected chi connectivity index (χ2v) is 15.6. The first-order valence-electron chi connectivity index (χ1n) is 20.4. The van der Waals surface area contributed by atoms with Gasteiger partial charge in [0.1, 0.15) is 0 Å². The van der Waals surface area contributed by atoms with Gasteiger partial charge in [-0.15, -0.1) is 0 Å². The molecular formula is C55H39N3. The number of nitrogens with zero attached hydrogens (tertiary/aromatic N) is 3. The average Bonchev–Trinajstić information content (AvgIpc) is 3.99. The Morgan fingerprint density at radius 2 is 0.966 bits per heavy atom. The average molecular weight is 742 g/mol. The molecule has 0 amide bonds. The third-order valence-electron chi connectivity index (χ3n) is 12.4. The van der Waals surface area contributed by atoms with Gasteiger partial charge in [-0.2, -0.15) is 0 Å². The van der Waals surface area contributed by atoms with Crippen LogP contribution in [0.25, 0.3) is 76.9 Å². The third-order valence-corrected chi connectivity index (χ3v) is 12.4. The number of aryl methyl sites for hydroxylation is 1. The molecule has 9 aromatic carbocycles. The highest BCUT2D eigenvalue weighted by atomic mass is 15.1. The minimum absolute atomic E-state index is 1.10. The van der Waals surface area contributed by atoms with E-state index in [0.29, 0.717) is 0 Å². The number of hydrogen-bond acceptors (Lipinski definition) is 1. The summed E-state index contributed by atoms with van der Waals surface area (Å²) in [4.78, 5) is 2.48. The van der Waals surface area contributed by atoms with E-state index in [0.717, 1.165) is 41.3 Å². The molecule has 1 aliphatic carbocycles. The number of para-hydroxylation sites is 4. The first-order valence-corrected chi connectivity index (χ1v) is 20.4. The van der Waals surface area contributed by atoms with Gasteiger partial charge in [-0.1, -0.05) is 127 Å². The van der Waals surface area contributed by atoms with Gasteiger partial charge in [0.15, 0.2) is 0 Å². The lowest BCUT2D eigenvalue weighted by Gasteiger charge is -2.27. The summed E-state index contributed by atoms with van der Waals surface area (Å²) in [6, 6.07) is 73.9. The second-order valence-electron chi connectivity index (χ2n) is 15.6. The van der Waals surface area contributed by atoms with Crippen molar-refractivity contribution < 1.29 is 0 Å². The molecule has 0 atom stereocenters. The van der Waals surface area contributed by atoms with E-state index in [1.54, 1.807) is 0 Å². The van der Waals surface area contributed by atoms with Crippen molar-refractivity contribution in [2.24, 2.45) is 0 Å². The van der Waals surface area contributed by atoms with Crippen LogP contribution in [0.5, 0.6) is 0 Å². The van der Waals surface area contributed by atoms with Gasteiger partial charge in [0.2, 0.25) is 0 Å². The van der Waals surface area contributed by atoms with Crippen molar-refractivity contribution in [3.63, 3.8) is 0 Å². The minimum atomic E-state index is 1.10. The molecule has 3 heteroatoms. The highest BCUT2D eigenvalue weighted by Crippen LogP contribution is 2.47. The first kappa shape index (κ1) is 32.8. The summed E-state index contributed by atoms with van der Waals surface area (Å²) in [6.07, 6.45) is 3.43. The van der Waals surface area contributed by atoms with E-state index >= 15 is 0 Å². The summed E-state index contributed by atoms with van der Waals surface area (Å²) in [5, 5.41) is 7.49. The molecule has 274 valence electrons. The zero-order valence-electron chi connectivity index (χ0n) is 32.0. The van der Waals surface area contributed by atoms with Crippen LogP contribution in [0.4, 0.5) is 17.1 Å². The zero-order chi connectivity index (χ0) is 38.2. The Balaban J connectivity index is 1.21. The molecule has 2 aromatic heterocycles. The Morgan fingerprint density at radius 3 is 1.76 bits per heavy atom. The lowest BCUT2D eigenvalue weighted by molar-refractivity contribution is 0.912. The summed E-state index contributed by atoms with van der Waals surface area (Å²) in [5.74, 6) is 0. The summed E-state index contributed by atoms with van der Waals surface area (Å²) in [6.45, 7) is 0. The van der Waals surface area contributed by atoms with Crippen molar-refractivity contribution in [1.29, 1.82) is 0 Å². The predicted octanol–water partition coefficient (Wildman–Crippen LogP) is 14.7. The maximum Gasteiger partial charge on any atom is 0.0568 e. The molecule has 0 unspecified atom stereocenters. The minimum Gasteiger partial charge on any atom is -0.310 e. The van der Waals surface area contributed by atoms with Crippen LogP contribution < -0.4 is 4.90 Å². The van der Waals surface area contributed by atoms with Crippen molar-refractivity contribution in [3.8, 4) is 22.5 Å². The smallest absolute Gasteiger partial charge is 0.0568 e. The van der Waals surface area contributed by atoms with E-state index in [4.69, 9.17) is 0 Å². The monoisotopic (exact) mass is 741 g/mol. The first-order chi connectivity index (χ1) is 28.8. The van der Waals surface area contributed by atoms with E-state index in [1.807, 2.05) is 0 Å². The highest BCUT2D eigenvalue weighted by Gasteiger charge is 2.25. The number of rotatable bonds is 6. The van der Waals surface area contributed by atoms with Crippen molar-refractivity contribution in [2.45, 2.75) is 19.3 Å². The lowest BCUT2D eigenvalue weighted by atomic mass is 9.92. The number of fused-ring (bicyclic) bond motifs is 8. The lowest BCUT2D eigenvalue weighted by Crippen LogP contribution is -2.11. The maximum atomic E-state index is 2.48. The number of benzene rings is 9. The van der Waals surface area contributed by atoms with Crippen LogP contribution in [0.3, 0.4) is 0 Å². The molecule has 0 saturated heterocycles. The van der Waals surface area contributed by atoms with Gasteiger partial charge in [0, 0.05) is 50.0 Å². The number of aromatic nitrogens is 2. The molecule has 0 fully saturated rings. The van der Waals surface area contributed by atoms with Gasteiger partial charge < -0.3 is 14.0 Å². The second kappa shape index (κ2) is 13.1. The van der Waals surface area contributed by atoms with Gasteiger partial charge in [0.05, 0.1) is 22.1 Å². The van der Waals surface area contributed by atoms with Crippen molar-refractivity contribution >= 4 is 71.4 Å². The Labute approximate surface area is 337 Å². The van der Waals surface area contributed by atoms with E-state index in [1.165, 1.54) is 83.1 Å². The van der Waals surface area contributed by atoms with Crippen LogP contribution in [0.1, 0.15) is 17.5 Å². The molecule has 12 rings (SSSR count). The Bertz CT molecular complexity index is 3370. The van der Waals surface area contributed by atoms with Gasteiger partial charge in [0.25, 0.3) is 0 Å². The Hall–Kier alpha value is -7.36. The molecule has 0 N–H and O–H groups in total. The molecule has 0 spiro atoms. The summed E-state index contributed by atoms with van der Waals surface area (Å²) >= 11 is 0. The fourth-order valence-electron chi connectivity index (χ4n) is 9.87. The van der Waals surface area contributed by atoms with Crippen LogP contribution >= 0.6 is 0 Å². The topological polar surface area (TPSA) is 13.1 Å². The molecule has 3 nitrogen and oxygen atoms in total. The number of hydrogen-bond donors (Lipinski definition) is 0. The fraction of sp³-hybridized carbons (Fsp3) is 0.0545. The normalized spacial score (nSPS) is 12.6. The molecule has 1 aliphatic rings. The van der Waals surface area contributed by atoms with Crippen molar-refractivity contribution in [1.82, 2.24) is 9.13 Å². The van der Waals surface area contributed by atoms with Crippen LogP contribution in [-0.4, -0.2) is 9.13 Å². The summed E-state index contributed by atoms with van der Waals surface area (Å²) in [5.41, 5.74) is 16.0. The van der Waals surface area contributed by atoms with Crippen molar-refractivity contribution in [3.05, 3.63) is 211 Å². The van der Waals surface area contributed by atoms with E-state index in [-0.39, 0.29) is 0 Å². The largest absolute Gasteiger partial charge is 0.310 e. The van der Waals surface area contributed by atoms with Crippen molar-refractivity contribution in [2.75, 3.05) is 4.90 Å². The van der Waals surface area contributed by atoms with Gasteiger partial charge in [-0.05, 0) is 125 Å². The quantitative estimate of drug-likeness (QED) is 0.165. The SMILES string of the molecule is c1ccc(-n2c3ccccc3c3ccc(N(c4ccc5ccccc5c4)c4cc(-c5cccc6c5CCC6)c5c6ccccc6n(-c6ccccc6)c5c4)cc32)cc1. The van der Waals surface area contributed by atoms with Crippen LogP contribution in [0.2, 0.25) is 0 Å². The maximum absolute atomic E-state index is 2.48. The van der Waals surface area contributed by atoms with E-state index < -0.39 is 0 Å². The molecule has 11 aromatic rings. The Kier molecular flexibility index (Phi) is 7.42. The van der Waals surface area contributed by atoms with Gasteiger partial charge in [-0.25, -0.2) is 0 Å². The molecule has 0 radical (unpaired) electrons. The summed E-state index contributed by atoms with van der Waals surface area (Å²) in [7, 11) is 0. The Morgan fingerprint density at radius 1 is 0.362 bits per heavy atom.